The van der Waals surface area contributed by atoms with E-state index in [0.29, 0.717) is 30.6 Å². The fourth-order valence-electron chi connectivity index (χ4n) is 3.17. The molecule has 134 valence electrons. The molecule has 1 aliphatic rings. The first-order valence-electron chi connectivity index (χ1n) is 8.70. The number of rotatable bonds is 6. The maximum absolute atomic E-state index is 12.1. The van der Waals surface area contributed by atoms with Crippen LogP contribution in [-0.2, 0) is 13.0 Å². The maximum atomic E-state index is 12.1. The summed E-state index contributed by atoms with van der Waals surface area (Å²) in [5.74, 6) is 1.58. The van der Waals surface area contributed by atoms with Crippen molar-refractivity contribution >= 4 is 6.03 Å². The molecule has 1 aromatic carbocycles. The van der Waals surface area contributed by atoms with Gasteiger partial charge in [0.15, 0.2) is 5.82 Å². The highest BCUT2D eigenvalue weighted by atomic mass is 16.5. The second-order valence-electron chi connectivity index (χ2n) is 6.65. The monoisotopic (exact) mass is 343 g/mol. The molecule has 1 fully saturated rings. The molecular weight excluding hydrogens is 318 g/mol. The maximum Gasteiger partial charge on any atom is 0.315 e. The number of amides is 2. The molecule has 0 spiro atoms. The Kier molecular flexibility index (Phi) is 5.65. The minimum atomic E-state index is -0.144. The number of benzene rings is 1. The van der Waals surface area contributed by atoms with Gasteiger partial charge in [-0.15, -0.1) is 0 Å². The molecular formula is C18H25N5O2. The van der Waals surface area contributed by atoms with Crippen molar-refractivity contribution < 1.29 is 9.32 Å². The van der Waals surface area contributed by atoms with E-state index in [1.54, 1.807) is 6.92 Å². The van der Waals surface area contributed by atoms with E-state index in [-0.39, 0.29) is 12.1 Å². The molecule has 1 aliphatic heterocycles. The molecule has 3 rings (SSSR count). The van der Waals surface area contributed by atoms with E-state index in [1.807, 2.05) is 6.07 Å². The first kappa shape index (κ1) is 17.4. The lowest BCUT2D eigenvalue weighted by molar-refractivity contribution is 0.234. The molecule has 7 nitrogen and oxygen atoms in total. The van der Waals surface area contributed by atoms with Crippen LogP contribution in [-0.4, -0.2) is 46.7 Å². The van der Waals surface area contributed by atoms with Crippen molar-refractivity contribution in [1.29, 1.82) is 0 Å². The minimum Gasteiger partial charge on any atom is -0.339 e. The normalized spacial score (nSPS) is 20.6. The van der Waals surface area contributed by atoms with Gasteiger partial charge >= 0.3 is 6.03 Å². The largest absolute Gasteiger partial charge is 0.339 e. The second kappa shape index (κ2) is 8.11. The summed E-state index contributed by atoms with van der Waals surface area (Å²) in [6.07, 6.45) is 0.536. The van der Waals surface area contributed by atoms with Gasteiger partial charge in [0.1, 0.15) is 0 Å². The van der Waals surface area contributed by atoms with Crippen LogP contribution in [0.3, 0.4) is 0 Å². The predicted molar refractivity (Wildman–Crippen MR) is 93.9 cm³/mol. The molecule has 0 radical (unpaired) electrons. The van der Waals surface area contributed by atoms with Crippen LogP contribution >= 0.6 is 0 Å². The van der Waals surface area contributed by atoms with Gasteiger partial charge in [0.25, 0.3) is 0 Å². The Morgan fingerprint density at radius 1 is 1.32 bits per heavy atom. The van der Waals surface area contributed by atoms with Crippen molar-refractivity contribution in [3.05, 3.63) is 47.6 Å². The molecule has 2 N–H and O–H groups in total. The third-order valence-corrected chi connectivity index (χ3v) is 4.45. The molecule has 0 unspecified atom stereocenters. The van der Waals surface area contributed by atoms with Crippen LogP contribution < -0.4 is 10.6 Å². The molecule has 2 amide bonds. The summed E-state index contributed by atoms with van der Waals surface area (Å²) in [6.45, 7) is 7.20. The number of carbonyl (C=O) groups is 1. The summed E-state index contributed by atoms with van der Waals surface area (Å²) in [5.41, 5.74) is 1.30. The van der Waals surface area contributed by atoms with Crippen LogP contribution in [0.4, 0.5) is 4.79 Å². The van der Waals surface area contributed by atoms with Gasteiger partial charge in [-0.25, -0.2) is 4.79 Å². The fraction of sp³-hybridized carbons (Fsp3) is 0.500. The lowest BCUT2D eigenvalue weighted by Crippen LogP contribution is -2.45. The number of aryl methyl sites for hydroxylation is 1. The van der Waals surface area contributed by atoms with Crippen LogP contribution in [0.2, 0.25) is 0 Å². The number of likely N-dealkylation sites (tertiary alicyclic amines) is 1. The number of nitrogens with zero attached hydrogens (tertiary/aromatic N) is 3. The first-order chi connectivity index (χ1) is 12.1. The quantitative estimate of drug-likeness (QED) is 0.835. The molecule has 25 heavy (non-hydrogen) atoms. The van der Waals surface area contributed by atoms with Crippen LogP contribution in [0, 0.1) is 12.8 Å². The third kappa shape index (κ3) is 5.03. The van der Waals surface area contributed by atoms with Crippen molar-refractivity contribution in [2.24, 2.45) is 5.92 Å². The molecule has 0 bridgehead atoms. The summed E-state index contributed by atoms with van der Waals surface area (Å²) in [4.78, 5) is 18.6. The Labute approximate surface area is 147 Å². The summed E-state index contributed by atoms with van der Waals surface area (Å²) >= 11 is 0. The average molecular weight is 343 g/mol. The SMILES string of the molecule is Cc1noc(CCNC(=O)N[C@@H]2CN(Cc3ccccc3)C[C@@H]2C)n1. The Hall–Kier alpha value is -2.41. The van der Waals surface area contributed by atoms with Crippen LogP contribution in [0.5, 0.6) is 0 Å². The molecule has 0 saturated carbocycles. The highest BCUT2D eigenvalue weighted by molar-refractivity contribution is 5.74. The Bertz CT molecular complexity index is 688. The smallest absolute Gasteiger partial charge is 0.315 e. The highest BCUT2D eigenvalue weighted by Gasteiger charge is 2.30. The van der Waals surface area contributed by atoms with Gasteiger partial charge < -0.3 is 15.2 Å². The van der Waals surface area contributed by atoms with Gasteiger partial charge in [-0.1, -0.05) is 42.4 Å². The number of urea groups is 1. The van der Waals surface area contributed by atoms with Gasteiger partial charge in [-0.05, 0) is 18.4 Å². The number of hydrogen-bond donors (Lipinski definition) is 2. The molecule has 0 aliphatic carbocycles. The van der Waals surface area contributed by atoms with Gasteiger partial charge in [0.2, 0.25) is 5.89 Å². The standard InChI is InChI=1S/C18H25N5O2/c1-13-10-23(11-15-6-4-3-5-7-15)12-16(13)21-18(24)19-9-8-17-20-14(2)22-25-17/h3-7,13,16H,8-12H2,1-2H3,(H2,19,21,24)/t13-,16+/m0/s1. The zero-order chi connectivity index (χ0) is 17.6. The Morgan fingerprint density at radius 3 is 2.84 bits per heavy atom. The molecule has 2 atom stereocenters. The first-order valence-corrected chi connectivity index (χ1v) is 8.70. The van der Waals surface area contributed by atoms with E-state index in [1.165, 1.54) is 5.56 Å². The van der Waals surface area contributed by atoms with Crippen molar-refractivity contribution in [3.63, 3.8) is 0 Å². The lowest BCUT2D eigenvalue weighted by Gasteiger charge is -2.17. The fourth-order valence-corrected chi connectivity index (χ4v) is 3.17. The number of aromatic nitrogens is 2. The summed E-state index contributed by atoms with van der Waals surface area (Å²) in [5, 5.41) is 9.66. The zero-order valence-electron chi connectivity index (χ0n) is 14.7. The van der Waals surface area contributed by atoms with Gasteiger partial charge in [-0.2, -0.15) is 4.98 Å². The van der Waals surface area contributed by atoms with Gasteiger partial charge in [0, 0.05) is 38.6 Å². The molecule has 2 heterocycles. The molecule has 1 saturated heterocycles. The highest BCUT2D eigenvalue weighted by Crippen LogP contribution is 2.18. The van der Waals surface area contributed by atoms with Crippen LogP contribution in [0.25, 0.3) is 0 Å². The molecule has 2 aromatic rings. The Morgan fingerprint density at radius 2 is 2.12 bits per heavy atom. The minimum absolute atomic E-state index is 0.144. The Balaban J connectivity index is 1.40. The van der Waals surface area contributed by atoms with Crippen LogP contribution in [0.1, 0.15) is 24.2 Å². The van der Waals surface area contributed by atoms with Crippen LogP contribution in [0.15, 0.2) is 34.9 Å². The number of carbonyl (C=O) groups excluding carboxylic acids is 1. The summed E-state index contributed by atoms with van der Waals surface area (Å²) in [7, 11) is 0. The van der Waals surface area contributed by atoms with Crippen molar-refractivity contribution in [3.8, 4) is 0 Å². The molecule has 1 aromatic heterocycles. The van der Waals surface area contributed by atoms with Crippen molar-refractivity contribution in [1.82, 2.24) is 25.7 Å². The van der Waals surface area contributed by atoms with Gasteiger partial charge in [0.05, 0.1) is 0 Å². The predicted octanol–water partition coefficient (Wildman–Crippen LogP) is 1.74. The van der Waals surface area contributed by atoms with E-state index in [4.69, 9.17) is 4.52 Å². The summed E-state index contributed by atoms with van der Waals surface area (Å²) < 4.78 is 5.03. The topological polar surface area (TPSA) is 83.3 Å². The van der Waals surface area contributed by atoms with E-state index < -0.39 is 0 Å². The molecule has 7 heteroatoms. The average Bonchev–Trinajstić information content (AvgIpc) is 3.14. The van der Waals surface area contributed by atoms with E-state index >= 15 is 0 Å². The lowest BCUT2D eigenvalue weighted by atomic mass is 10.1. The second-order valence-corrected chi connectivity index (χ2v) is 6.65. The van der Waals surface area contributed by atoms with E-state index in [0.717, 1.165) is 19.6 Å². The van der Waals surface area contributed by atoms with E-state index in [9.17, 15) is 4.79 Å². The van der Waals surface area contributed by atoms with E-state index in [2.05, 4.69) is 56.9 Å². The van der Waals surface area contributed by atoms with Crippen molar-refractivity contribution in [2.45, 2.75) is 32.9 Å². The number of nitrogens with one attached hydrogen (secondary N) is 2. The number of hydrogen-bond acceptors (Lipinski definition) is 5. The van der Waals surface area contributed by atoms with Crippen molar-refractivity contribution in [2.75, 3.05) is 19.6 Å². The summed E-state index contributed by atoms with van der Waals surface area (Å²) in [6, 6.07) is 10.4. The third-order valence-electron chi connectivity index (χ3n) is 4.45. The zero-order valence-corrected chi connectivity index (χ0v) is 14.7. The van der Waals surface area contributed by atoms with Gasteiger partial charge in [-0.3, -0.25) is 4.90 Å².